The van der Waals surface area contributed by atoms with E-state index in [4.69, 9.17) is 12.2 Å². The summed E-state index contributed by atoms with van der Waals surface area (Å²) >= 11 is 5.10. The van der Waals surface area contributed by atoms with Gasteiger partial charge in [-0.25, -0.2) is 9.97 Å². The zero-order valence-corrected chi connectivity index (χ0v) is 9.29. The first-order valence-corrected chi connectivity index (χ1v) is 5.18. The van der Waals surface area contributed by atoms with Gasteiger partial charge in [0.2, 0.25) is 0 Å². The summed E-state index contributed by atoms with van der Waals surface area (Å²) in [6, 6.07) is 2.00. The van der Waals surface area contributed by atoms with Crippen LogP contribution in [-0.2, 0) is 13.0 Å². The van der Waals surface area contributed by atoms with Crippen molar-refractivity contribution in [3.8, 4) is 0 Å². The van der Waals surface area contributed by atoms with E-state index >= 15 is 0 Å². The Hall–Kier alpha value is -1.49. The molecule has 0 atom stereocenters. The fourth-order valence-electron chi connectivity index (χ4n) is 1.41. The van der Waals surface area contributed by atoms with Crippen molar-refractivity contribution in [1.82, 2.24) is 19.5 Å². The van der Waals surface area contributed by atoms with Crippen LogP contribution in [0.15, 0.2) is 24.8 Å². The summed E-state index contributed by atoms with van der Waals surface area (Å²) in [5.41, 5.74) is 2.04. The van der Waals surface area contributed by atoms with E-state index in [0.29, 0.717) is 0 Å². The highest BCUT2D eigenvalue weighted by molar-refractivity contribution is 7.71. The Morgan fingerprint density at radius 3 is 3.00 bits per heavy atom. The Morgan fingerprint density at radius 2 is 2.33 bits per heavy atom. The number of H-pyrrole nitrogens is 1. The van der Waals surface area contributed by atoms with E-state index < -0.39 is 0 Å². The van der Waals surface area contributed by atoms with Crippen molar-refractivity contribution in [3.05, 3.63) is 40.9 Å². The SMILES string of the molecule is Cc1cc(CCn2cc[nH]c2=S)ncn1. The van der Waals surface area contributed by atoms with Crippen LogP contribution in [0.25, 0.3) is 0 Å². The van der Waals surface area contributed by atoms with Crippen molar-refractivity contribution in [1.29, 1.82) is 0 Å². The number of nitrogens with zero attached hydrogens (tertiary/aromatic N) is 3. The summed E-state index contributed by atoms with van der Waals surface area (Å²) in [6.07, 6.45) is 6.25. The molecule has 4 nitrogen and oxygen atoms in total. The van der Waals surface area contributed by atoms with E-state index in [1.165, 1.54) is 0 Å². The van der Waals surface area contributed by atoms with Crippen LogP contribution < -0.4 is 0 Å². The Morgan fingerprint density at radius 1 is 1.47 bits per heavy atom. The monoisotopic (exact) mass is 220 g/mol. The maximum Gasteiger partial charge on any atom is 0.177 e. The van der Waals surface area contributed by atoms with Crippen LogP contribution in [-0.4, -0.2) is 19.5 Å². The summed E-state index contributed by atoms with van der Waals surface area (Å²) in [5, 5.41) is 0. The van der Waals surface area contributed by atoms with Gasteiger partial charge < -0.3 is 9.55 Å². The number of hydrogen-bond acceptors (Lipinski definition) is 3. The molecule has 0 bridgehead atoms. The zero-order chi connectivity index (χ0) is 10.7. The quantitative estimate of drug-likeness (QED) is 0.803. The predicted molar refractivity (Wildman–Crippen MR) is 60.1 cm³/mol. The van der Waals surface area contributed by atoms with E-state index in [-0.39, 0.29) is 0 Å². The maximum atomic E-state index is 5.10. The summed E-state index contributed by atoms with van der Waals surface area (Å²) in [7, 11) is 0. The molecule has 0 fully saturated rings. The largest absolute Gasteiger partial charge is 0.337 e. The average molecular weight is 220 g/mol. The van der Waals surface area contributed by atoms with E-state index in [9.17, 15) is 0 Å². The number of nitrogens with one attached hydrogen (secondary N) is 1. The first-order valence-electron chi connectivity index (χ1n) is 4.77. The first-order chi connectivity index (χ1) is 7.25. The summed E-state index contributed by atoms with van der Waals surface area (Å²) < 4.78 is 2.74. The van der Waals surface area contributed by atoms with Crippen LogP contribution in [0.1, 0.15) is 11.4 Å². The molecular formula is C10H12N4S. The molecule has 0 aliphatic carbocycles. The van der Waals surface area contributed by atoms with Gasteiger partial charge in [0.1, 0.15) is 6.33 Å². The van der Waals surface area contributed by atoms with Crippen LogP contribution >= 0.6 is 12.2 Å². The summed E-state index contributed by atoms with van der Waals surface area (Å²) in [5.74, 6) is 0. The molecule has 0 saturated carbocycles. The summed E-state index contributed by atoms with van der Waals surface area (Å²) in [6.45, 7) is 2.81. The zero-order valence-electron chi connectivity index (χ0n) is 8.47. The third-order valence-corrected chi connectivity index (χ3v) is 2.54. The number of aromatic nitrogens is 4. The normalized spacial score (nSPS) is 10.5. The molecule has 0 spiro atoms. The van der Waals surface area contributed by atoms with Crippen molar-refractivity contribution in [3.63, 3.8) is 0 Å². The lowest BCUT2D eigenvalue weighted by atomic mass is 10.2. The Balaban J connectivity index is 2.05. The van der Waals surface area contributed by atoms with Gasteiger partial charge in [0.15, 0.2) is 4.77 Å². The number of hydrogen-bond donors (Lipinski definition) is 1. The highest BCUT2D eigenvalue weighted by atomic mass is 32.1. The van der Waals surface area contributed by atoms with Gasteiger partial charge in [0.05, 0.1) is 0 Å². The average Bonchev–Trinajstić information content (AvgIpc) is 2.61. The molecule has 78 valence electrons. The molecule has 2 heterocycles. The topological polar surface area (TPSA) is 46.5 Å². The van der Waals surface area contributed by atoms with Crippen LogP contribution in [0.2, 0.25) is 0 Å². The van der Waals surface area contributed by atoms with Gasteiger partial charge in [-0.1, -0.05) is 0 Å². The van der Waals surface area contributed by atoms with Gasteiger partial charge in [-0.3, -0.25) is 0 Å². The molecule has 0 aromatic carbocycles. The van der Waals surface area contributed by atoms with Crippen molar-refractivity contribution in [2.45, 2.75) is 19.9 Å². The second-order valence-corrected chi connectivity index (χ2v) is 3.75. The molecule has 5 heteroatoms. The molecule has 2 aromatic heterocycles. The van der Waals surface area contributed by atoms with E-state index in [1.807, 2.05) is 30.0 Å². The van der Waals surface area contributed by atoms with Crippen molar-refractivity contribution < 1.29 is 0 Å². The minimum atomic E-state index is 0.751. The highest BCUT2D eigenvalue weighted by Gasteiger charge is 1.97. The molecule has 0 saturated heterocycles. The van der Waals surface area contributed by atoms with Gasteiger partial charge in [0, 0.05) is 36.7 Å². The second-order valence-electron chi connectivity index (χ2n) is 3.36. The smallest absolute Gasteiger partial charge is 0.177 e. The standard InChI is InChI=1S/C10H12N4S/c1-8-6-9(13-7-12-8)2-4-14-5-3-11-10(14)15/h3,5-7H,2,4H2,1H3,(H,11,15). The molecule has 2 aromatic rings. The number of rotatable bonds is 3. The molecule has 1 N–H and O–H groups in total. The van der Waals surface area contributed by atoms with Crippen molar-refractivity contribution in [2.75, 3.05) is 0 Å². The van der Waals surface area contributed by atoms with E-state index in [2.05, 4.69) is 15.0 Å². The van der Waals surface area contributed by atoms with E-state index in [0.717, 1.165) is 29.1 Å². The second kappa shape index (κ2) is 4.35. The Labute approximate surface area is 93.0 Å². The van der Waals surface area contributed by atoms with Gasteiger partial charge in [-0.15, -0.1) is 0 Å². The number of aryl methyl sites for hydroxylation is 3. The third-order valence-electron chi connectivity index (χ3n) is 2.19. The lowest BCUT2D eigenvalue weighted by Gasteiger charge is -2.02. The minimum Gasteiger partial charge on any atom is -0.337 e. The number of aromatic amines is 1. The molecule has 2 rings (SSSR count). The van der Waals surface area contributed by atoms with Crippen LogP contribution in [0.4, 0.5) is 0 Å². The lowest BCUT2D eigenvalue weighted by Crippen LogP contribution is -2.02. The minimum absolute atomic E-state index is 0.751. The molecule has 15 heavy (non-hydrogen) atoms. The van der Waals surface area contributed by atoms with Gasteiger partial charge in [-0.2, -0.15) is 0 Å². The lowest BCUT2D eigenvalue weighted by molar-refractivity contribution is 0.674. The van der Waals surface area contributed by atoms with Crippen molar-refractivity contribution >= 4 is 12.2 Å². The molecular weight excluding hydrogens is 208 g/mol. The van der Waals surface area contributed by atoms with Gasteiger partial charge in [-0.05, 0) is 25.2 Å². The fraction of sp³-hybridized carbons (Fsp3) is 0.300. The van der Waals surface area contributed by atoms with Crippen LogP contribution in [0.5, 0.6) is 0 Å². The Kier molecular flexibility index (Phi) is 2.91. The molecule has 0 unspecified atom stereocenters. The Bertz CT molecular complexity index is 500. The van der Waals surface area contributed by atoms with Crippen LogP contribution in [0.3, 0.4) is 0 Å². The van der Waals surface area contributed by atoms with Gasteiger partial charge in [0.25, 0.3) is 0 Å². The summed E-state index contributed by atoms with van der Waals surface area (Å²) in [4.78, 5) is 11.2. The molecule has 0 aliphatic rings. The fourth-order valence-corrected chi connectivity index (χ4v) is 1.63. The van der Waals surface area contributed by atoms with Crippen LogP contribution in [0, 0.1) is 11.7 Å². The molecule has 0 radical (unpaired) electrons. The molecule has 0 aliphatic heterocycles. The van der Waals surface area contributed by atoms with Crippen molar-refractivity contribution in [2.24, 2.45) is 0 Å². The van der Waals surface area contributed by atoms with E-state index in [1.54, 1.807) is 6.33 Å². The first kappa shape index (κ1) is 10.0. The predicted octanol–water partition coefficient (Wildman–Crippen LogP) is 1.89. The maximum absolute atomic E-state index is 5.10. The molecule has 0 amide bonds. The number of imidazole rings is 1. The van der Waals surface area contributed by atoms with Gasteiger partial charge >= 0.3 is 0 Å². The third kappa shape index (κ3) is 2.50. The highest BCUT2D eigenvalue weighted by Crippen LogP contribution is 2.00.